The molecule has 1 N–H and O–H groups in total. The fourth-order valence-corrected chi connectivity index (χ4v) is 4.00. The second-order valence-electron chi connectivity index (χ2n) is 7.73. The highest BCUT2D eigenvalue weighted by Gasteiger charge is 2.47. The minimum atomic E-state index is -0.530. The number of ether oxygens (including phenoxy) is 1. The Morgan fingerprint density at radius 1 is 1.03 bits per heavy atom. The van der Waals surface area contributed by atoms with Crippen molar-refractivity contribution in [3.8, 4) is 0 Å². The summed E-state index contributed by atoms with van der Waals surface area (Å²) in [4.78, 5) is 26.7. The molecule has 2 fully saturated rings. The zero-order valence-electron chi connectivity index (χ0n) is 16.4. The van der Waals surface area contributed by atoms with Crippen molar-refractivity contribution in [3.05, 3.63) is 71.8 Å². The highest BCUT2D eigenvalue weighted by atomic mass is 16.5. The Morgan fingerprint density at radius 3 is 2.31 bits per heavy atom. The van der Waals surface area contributed by atoms with Gasteiger partial charge in [-0.15, -0.1) is 0 Å². The first-order chi connectivity index (χ1) is 14.1. The number of carbonyl (C=O) groups excluding carboxylic acids is 2. The second-order valence-corrected chi connectivity index (χ2v) is 7.73. The van der Waals surface area contributed by atoms with E-state index >= 15 is 0 Å². The largest absolute Gasteiger partial charge is 0.367 e. The number of hydrogen-bond donors (Lipinski definition) is 1. The number of carbonyl (C=O) groups is 2. The molecule has 2 saturated heterocycles. The van der Waals surface area contributed by atoms with Crippen LogP contribution in [0.2, 0.25) is 0 Å². The Kier molecular flexibility index (Phi) is 5.92. The van der Waals surface area contributed by atoms with Gasteiger partial charge < -0.3 is 9.64 Å². The molecule has 0 saturated carbocycles. The lowest BCUT2D eigenvalue weighted by molar-refractivity contribution is -0.138. The number of piperidine rings is 1. The number of benzene rings is 2. The molecule has 0 bridgehead atoms. The van der Waals surface area contributed by atoms with Crippen LogP contribution in [0.4, 0.5) is 0 Å². The molecule has 1 unspecified atom stereocenters. The van der Waals surface area contributed by atoms with Gasteiger partial charge in [0.05, 0.1) is 12.6 Å². The molecule has 0 aromatic heterocycles. The van der Waals surface area contributed by atoms with Crippen molar-refractivity contribution >= 4 is 11.8 Å². The van der Waals surface area contributed by atoms with Gasteiger partial charge in [0.1, 0.15) is 12.3 Å². The van der Waals surface area contributed by atoms with Crippen LogP contribution in [0.15, 0.2) is 60.7 Å². The zero-order valence-corrected chi connectivity index (χ0v) is 16.4. The third-order valence-corrected chi connectivity index (χ3v) is 5.63. The molecule has 1 radical (unpaired) electrons. The lowest BCUT2D eigenvalue weighted by Gasteiger charge is -2.38. The van der Waals surface area contributed by atoms with Crippen molar-refractivity contribution in [2.75, 3.05) is 19.7 Å². The molecule has 0 aliphatic carbocycles. The average Bonchev–Trinajstić information content (AvgIpc) is 3.04. The molecular weight excluding hydrogens is 366 g/mol. The summed E-state index contributed by atoms with van der Waals surface area (Å²) in [5.41, 5.74) is 1.64. The molecule has 2 amide bonds. The third-order valence-electron chi connectivity index (χ3n) is 5.63. The molecule has 29 heavy (non-hydrogen) atoms. The minimum Gasteiger partial charge on any atom is -0.367 e. The summed E-state index contributed by atoms with van der Waals surface area (Å²) in [6, 6.07) is 19.5. The Morgan fingerprint density at radius 2 is 1.66 bits per heavy atom. The predicted molar refractivity (Wildman–Crippen MR) is 109 cm³/mol. The highest BCUT2D eigenvalue weighted by molar-refractivity contribution is 5.85. The first-order valence-electron chi connectivity index (χ1n) is 10.1. The van der Waals surface area contributed by atoms with E-state index in [9.17, 15) is 9.59 Å². The van der Waals surface area contributed by atoms with E-state index in [1.165, 1.54) is 0 Å². The number of nitrogens with zero attached hydrogens (tertiary/aromatic N) is 2. The predicted octanol–water partition coefficient (Wildman–Crippen LogP) is 1.87. The van der Waals surface area contributed by atoms with Gasteiger partial charge in [-0.3, -0.25) is 14.9 Å². The maximum atomic E-state index is 12.4. The normalized spacial score (nSPS) is 20.6. The van der Waals surface area contributed by atoms with Gasteiger partial charge in [0, 0.05) is 25.9 Å². The van der Waals surface area contributed by atoms with E-state index in [1.54, 1.807) is 0 Å². The van der Waals surface area contributed by atoms with Crippen LogP contribution >= 0.6 is 0 Å². The minimum absolute atomic E-state index is 0.0130. The quantitative estimate of drug-likeness (QED) is 0.815. The SMILES string of the molecule is O=C1[N]C2(CCN(C(=O)COCc3ccccc3)CC2)NC1Cc1ccccc1. The van der Waals surface area contributed by atoms with Gasteiger partial charge in [-0.05, 0) is 17.5 Å². The molecule has 2 aromatic carbocycles. The molecular formula is C23H26N3O3. The fourth-order valence-electron chi connectivity index (χ4n) is 4.00. The zero-order chi connectivity index (χ0) is 20.1. The van der Waals surface area contributed by atoms with Crippen molar-refractivity contribution in [1.29, 1.82) is 0 Å². The smallest absolute Gasteiger partial charge is 0.260 e. The first-order valence-corrected chi connectivity index (χ1v) is 10.1. The first kappa shape index (κ1) is 19.6. The number of hydrogen-bond acceptors (Lipinski definition) is 4. The lowest BCUT2D eigenvalue weighted by Crippen LogP contribution is -2.56. The Labute approximate surface area is 171 Å². The molecule has 6 heteroatoms. The van der Waals surface area contributed by atoms with Gasteiger partial charge in [0.2, 0.25) is 5.91 Å². The summed E-state index contributed by atoms with van der Waals surface area (Å²) < 4.78 is 5.57. The number of likely N-dealkylation sites (tertiary alicyclic amines) is 1. The van der Waals surface area contributed by atoms with Crippen LogP contribution < -0.4 is 10.6 Å². The molecule has 2 aliphatic heterocycles. The van der Waals surface area contributed by atoms with Gasteiger partial charge in [-0.2, -0.15) is 0 Å². The highest BCUT2D eigenvalue weighted by Crippen LogP contribution is 2.27. The number of rotatable bonds is 6. The van der Waals surface area contributed by atoms with Crippen LogP contribution in [0.1, 0.15) is 24.0 Å². The topological polar surface area (TPSA) is 72.7 Å². The molecule has 1 atom stereocenters. The molecule has 6 nitrogen and oxygen atoms in total. The van der Waals surface area contributed by atoms with Crippen LogP contribution in [-0.2, 0) is 27.4 Å². The summed E-state index contributed by atoms with van der Waals surface area (Å²) in [5, 5.41) is 7.88. The van der Waals surface area contributed by atoms with Gasteiger partial charge in [-0.25, -0.2) is 5.32 Å². The number of amides is 2. The van der Waals surface area contributed by atoms with E-state index in [2.05, 4.69) is 10.6 Å². The van der Waals surface area contributed by atoms with Crippen LogP contribution in [0.25, 0.3) is 0 Å². The van der Waals surface area contributed by atoms with Gasteiger partial charge in [0.15, 0.2) is 0 Å². The monoisotopic (exact) mass is 392 g/mol. The molecule has 151 valence electrons. The standard InChI is InChI=1S/C23H26N3O3/c27-21(17-29-16-19-9-5-2-6-10-19)26-13-11-23(12-14-26)24-20(22(28)25-23)15-18-7-3-1-4-8-18/h1-10,20,24H,11-17H2. The van der Waals surface area contributed by atoms with Crippen molar-refractivity contribution in [2.24, 2.45) is 0 Å². The van der Waals surface area contributed by atoms with Crippen molar-refractivity contribution in [1.82, 2.24) is 15.5 Å². The Balaban J connectivity index is 1.24. The van der Waals surface area contributed by atoms with E-state index in [-0.39, 0.29) is 24.5 Å². The van der Waals surface area contributed by atoms with E-state index in [4.69, 9.17) is 4.74 Å². The van der Waals surface area contributed by atoms with Crippen LogP contribution in [0.5, 0.6) is 0 Å². The summed E-state index contributed by atoms with van der Waals surface area (Å²) in [7, 11) is 0. The molecule has 4 rings (SSSR count). The molecule has 2 aliphatic rings. The maximum absolute atomic E-state index is 12.4. The van der Waals surface area contributed by atoms with E-state index in [0.717, 1.165) is 11.1 Å². The van der Waals surface area contributed by atoms with Crippen LogP contribution in [-0.4, -0.2) is 48.1 Å². The number of nitrogens with one attached hydrogen (secondary N) is 1. The summed E-state index contributed by atoms with van der Waals surface area (Å²) in [5.74, 6) is -0.0965. The van der Waals surface area contributed by atoms with Crippen molar-refractivity contribution < 1.29 is 14.3 Å². The maximum Gasteiger partial charge on any atom is 0.260 e. The molecule has 2 aromatic rings. The summed E-state index contributed by atoms with van der Waals surface area (Å²) >= 11 is 0. The van der Waals surface area contributed by atoms with Crippen molar-refractivity contribution in [2.45, 2.75) is 37.6 Å². The molecule has 1 spiro atoms. The van der Waals surface area contributed by atoms with Crippen LogP contribution in [0.3, 0.4) is 0 Å². The Bertz CT molecular complexity index is 833. The van der Waals surface area contributed by atoms with Gasteiger partial charge in [0.25, 0.3) is 5.91 Å². The third kappa shape index (κ3) is 4.83. The van der Waals surface area contributed by atoms with E-state index in [0.29, 0.717) is 39.0 Å². The lowest BCUT2D eigenvalue weighted by atomic mass is 9.97. The summed E-state index contributed by atoms with van der Waals surface area (Å²) in [6.45, 7) is 1.66. The molecule has 2 heterocycles. The van der Waals surface area contributed by atoms with Gasteiger partial charge in [-0.1, -0.05) is 60.7 Å². The fraction of sp³-hybridized carbons (Fsp3) is 0.391. The van der Waals surface area contributed by atoms with Gasteiger partial charge >= 0.3 is 0 Å². The Hall–Kier alpha value is -2.70. The van der Waals surface area contributed by atoms with E-state index < -0.39 is 5.66 Å². The average molecular weight is 392 g/mol. The van der Waals surface area contributed by atoms with Crippen LogP contribution in [0, 0.1) is 0 Å². The second kappa shape index (κ2) is 8.76. The van der Waals surface area contributed by atoms with Crippen molar-refractivity contribution in [3.63, 3.8) is 0 Å². The summed E-state index contributed by atoms with van der Waals surface area (Å²) in [6.07, 6.45) is 1.93. The van der Waals surface area contributed by atoms with E-state index in [1.807, 2.05) is 65.6 Å².